The van der Waals surface area contributed by atoms with Gasteiger partial charge in [0.15, 0.2) is 0 Å². The standard InChI is InChI=1S/C14H27N3O/c1-15-14(6-4-3-5-7-14)12-13(18)17-10-8-16(2)9-11-17/h15H,3-12H2,1-2H3. The molecule has 4 heteroatoms. The Morgan fingerprint density at radius 3 is 2.28 bits per heavy atom. The molecule has 0 aromatic rings. The van der Waals surface area contributed by atoms with Gasteiger partial charge in [-0.3, -0.25) is 4.79 Å². The molecule has 18 heavy (non-hydrogen) atoms. The van der Waals surface area contributed by atoms with Crippen molar-refractivity contribution in [1.82, 2.24) is 15.1 Å². The van der Waals surface area contributed by atoms with Crippen LogP contribution < -0.4 is 5.32 Å². The van der Waals surface area contributed by atoms with Gasteiger partial charge in [-0.05, 0) is 26.9 Å². The topological polar surface area (TPSA) is 35.6 Å². The second-order valence-electron chi connectivity index (χ2n) is 5.95. The molecule has 1 aliphatic carbocycles. The fourth-order valence-corrected chi connectivity index (χ4v) is 3.20. The van der Waals surface area contributed by atoms with E-state index < -0.39 is 0 Å². The van der Waals surface area contributed by atoms with Crippen LogP contribution in [0.15, 0.2) is 0 Å². The van der Waals surface area contributed by atoms with Gasteiger partial charge >= 0.3 is 0 Å². The zero-order chi connectivity index (χ0) is 13.0. The van der Waals surface area contributed by atoms with Crippen molar-refractivity contribution >= 4 is 5.91 Å². The number of carbonyl (C=O) groups is 1. The molecule has 2 aliphatic rings. The second kappa shape index (κ2) is 6.02. The molecule has 1 saturated heterocycles. The van der Waals surface area contributed by atoms with E-state index in [0.717, 1.165) is 39.0 Å². The SMILES string of the molecule is CNC1(CC(=O)N2CCN(C)CC2)CCCCC1. The molecule has 4 nitrogen and oxygen atoms in total. The number of nitrogens with zero attached hydrogens (tertiary/aromatic N) is 2. The molecule has 0 bridgehead atoms. The maximum Gasteiger partial charge on any atom is 0.224 e. The average Bonchev–Trinajstić information content (AvgIpc) is 2.40. The minimum Gasteiger partial charge on any atom is -0.340 e. The highest BCUT2D eigenvalue weighted by Gasteiger charge is 2.34. The van der Waals surface area contributed by atoms with Gasteiger partial charge in [-0.15, -0.1) is 0 Å². The van der Waals surface area contributed by atoms with E-state index in [0.29, 0.717) is 12.3 Å². The van der Waals surface area contributed by atoms with E-state index in [1.165, 1.54) is 19.3 Å². The third-order valence-corrected chi connectivity index (χ3v) is 4.69. The van der Waals surface area contributed by atoms with E-state index in [-0.39, 0.29) is 5.54 Å². The number of amides is 1. The largest absolute Gasteiger partial charge is 0.340 e. The number of piperazine rings is 1. The molecule has 1 amide bonds. The summed E-state index contributed by atoms with van der Waals surface area (Å²) in [6, 6.07) is 0. The van der Waals surface area contributed by atoms with Gasteiger partial charge < -0.3 is 15.1 Å². The Morgan fingerprint density at radius 1 is 1.11 bits per heavy atom. The van der Waals surface area contributed by atoms with E-state index in [2.05, 4.69) is 17.3 Å². The van der Waals surface area contributed by atoms with E-state index in [1.807, 2.05) is 11.9 Å². The summed E-state index contributed by atoms with van der Waals surface area (Å²) < 4.78 is 0. The number of nitrogens with one attached hydrogen (secondary N) is 1. The molecule has 0 spiro atoms. The van der Waals surface area contributed by atoms with Crippen molar-refractivity contribution in [3.05, 3.63) is 0 Å². The van der Waals surface area contributed by atoms with Crippen LogP contribution in [0.25, 0.3) is 0 Å². The van der Waals surface area contributed by atoms with Crippen molar-refractivity contribution < 1.29 is 4.79 Å². The zero-order valence-corrected chi connectivity index (χ0v) is 11.9. The van der Waals surface area contributed by atoms with Gasteiger partial charge in [0.05, 0.1) is 0 Å². The van der Waals surface area contributed by atoms with Crippen LogP contribution in [0.1, 0.15) is 38.5 Å². The summed E-state index contributed by atoms with van der Waals surface area (Å²) in [6.45, 7) is 3.82. The van der Waals surface area contributed by atoms with Crippen LogP contribution in [0.2, 0.25) is 0 Å². The zero-order valence-electron chi connectivity index (χ0n) is 11.9. The van der Waals surface area contributed by atoms with Crippen molar-refractivity contribution in [2.24, 2.45) is 0 Å². The summed E-state index contributed by atoms with van der Waals surface area (Å²) in [6.07, 6.45) is 6.85. The Bertz CT molecular complexity index is 279. The van der Waals surface area contributed by atoms with Gasteiger partial charge in [0, 0.05) is 38.1 Å². The predicted molar refractivity (Wildman–Crippen MR) is 73.6 cm³/mol. The maximum atomic E-state index is 12.4. The number of rotatable bonds is 3. The molecule has 0 aromatic heterocycles. The van der Waals surface area contributed by atoms with Gasteiger partial charge in [-0.25, -0.2) is 0 Å². The molecule has 0 atom stereocenters. The Hall–Kier alpha value is -0.610. The van der Waals surface area contributed by atoms with Gasteiger partial charge in [0.2, 0.25) is 5.91 Å². The molecular weight excluding hydrogens is 226 g/mol. The van der Waals surface area contributed by atoms with Crippen LogP contribution >= 0.6 is 0 Å². The van der Waals surface area contributed by atoms with Crippen molar-refractivity contribution in [1.29, 1.82) is 0 Å². The molecular formula is C14H27N3O. The molecule has 1 saturated carbocycles. The first-order chi connectivity index (χ1) is 8.65. The Morgan fingerprint density at radius 2 is 1.72 bits per heavy atom. The van der Waals surface area contributed by atoms with E-state index in [4.69, 9.17) is 0 Å². The third-order valence-electron chi connectivity index (χ3n) is 4.69. The van der Waals surface area contributed by atoms with Gasteiger partial charge in [0.1, 0.15) is 0 Å². The summed E-state index contributed by atoms with van der Waals surface area (Å²) in [5.74, 6) is 0.347. The summed E-state index contributed by atoms with van der Waals surface area (Å²) in [4.78, 5) is 16.7. The lowest BCUT2D eigenvalue weighted by Gasteiger charge is -2.39. The molecule has 1 N–H and O–H groups in total. The molecule has 0 unspecified atom stereocenters. The van der Waals surface area contributed by atoms with Crippen LogP contribution in [-0.2, 0) is 4.79 Å². The second-order valence-corrected chi connectivity index (χ2v) is 5.95. The van der Waals surface area contributed by atoms with Crippen LogP contribution in [0, 0.1) is 0 Å². The molecule has 1 aliphatic heterocycles. The normalized spacial score (nSPS) is 25.1. The minimum absolute atomic E-state index is 0.0820. The molecule has 0 aromatic carbocycles. The average molecular weight is 253 g/mol. The summed E-state index contributed by atoms with van der Waals surface area (Å²) in [5.41, 5.74) is 0.0820. The smallest absolute Gasteiger partial charge is 0.224 e. The lowest BCUT2D eigenvalue weighted by molar-refractivity contribution is -0.134. The van der Waals surface area contributed by atoms with Crippen LogP contribution in [-0.4, -0.2) is 61.5 Å². The number of hydrogen-bond acceptors (Lipinski definition) is 3. The Kier molecular flexibility index (Phi) is 4.62. The Labute approximate surface area is 111 Å². The van der Waals surface area contributed by atoms with Crippen LogP contribution in [0.5, 0.6) is 0 Å². The van der Waals surface area contributed by atoms with Gasteiger partial charge in [-0.2, -0.15) is 0 Å². The summed E-state index contributed by atoms with van der Waals surface area (Å²) in [7, 11) is 4.14. The van der Waals surface area contributed by atoms with E-state index in [1.54, 1.807) is 0 Å². The maximum absolute atomic E-state index is 12.4. The summed E-state index contributed by atoms with van der Waals surface area (Å²) >= 11 is 0. The first kappa shape index (κ1) is 13.8. The predicted octanol–water partition coefficient (Wildman–Crippen LogP) is 1.07. The Balaban J connectivity index is 1.89. The van der Waals surface area contributed by atoms with Crippen molar-refractivity contribution in [2.45, 2.75) is 44.1 Å². The number of likely N-dealkylation sites (N-methyl/N-ethyl adjacent to an activating group) is 1. The highest BCUT2D eigenvalue weighted by molar-refractivity contribution is 5.77. The first-order valence-corrected chi connectivity index (χ1v) is 7.30. The molecule has 104 valence electrons. The third kappa shape index (κ3) is 3.23. The lowest BCUT2D eigenvalue weighted by Crippen LogP contribution is -2.52. The van der Waals surface area contributed by atoms with E-state index >= 15 is 0 Å². The van der Waals surface area contributed by atoms with Crippen molar-refractivity contribution in [3.8, 4) is 0 Å². The van der Waals surface area contributed by atoms with Crippen molar-refractivity contribution in [3.63, 3.8) is 0 Å². The molecule has 1 heterocycles. The highest BCUT2D eigenvalue weighted by atomic mass is 16.2. The monoisotopic (exact) mass is 253 g/mol. The quantitative estimate of drug-likeness (QED) is 0.817. The molecule has 2 rings (SSSR count). The fourth-order valence-electron chi connectivity index (χ4n) is 3.20. The van der Waals surface area contributed by atoms with Gasteiger partial charge in [-0.1, -0.05) is 19.3 Å². The van der Waals surface area contributed by atoms with Crippen LogP contribution in [0.3, 0.4) is 0 Å². The fraction of sp³-hybridized carbons (Fsp3) is 0.929. The van der Waals surface area contributed by atoms with Gasteiger partial charge in [0.25, 0.3) is 0 Å². The van der Waals surface area contributed by atoms with Crippen LogP contribution in [0.4, 0.5) is 0 Å². The lowest BCUT2D eigenvalue weighted by atomic mass is 9.79. The van der Waals surface area contributed by atoms with E-state index in [9.17, 15) is 4.79 Å². The molecule has 2 fully saturated rings. The van der Waals surface area contributed by atoms with Crippen molar-refractivity contribution in [2.75, 3.05) is 40.3 Å². The number of carbonyl (C=O) groups excluding carboxylic acids is 1. The highest BCUT2D eigenvalue weighted by Crippen LogP contribution is 2.31. The molecule has 0 radical (unpaired) electrons. The minimum atomic E-state index is 0.0820. The first-order valence-electron chi connectivity index (χ1n) is 7.30. The number of hydrogen-bond donors (Lipinski definition) is 1. The summed E-state index contributed by atoms with van der Waals surface area (Å²) in [5, 5.41) is 3.44.